The molecule has 0 aromatic heterocycles. The van der Waals surface area contributed by atoms with Crippen molar-refractivity contribution < 1.29 is 9.59 Å². The Balaban J connectivity index is 0.00000392. The molecule has 2 aromatic carbocycles. The Morgan fingerprint density at radius 1 is 1.00 bits per heavy atom. The monoisotopic (exact) mass is 440 g/mol. The highest BCUT2D eigenvalue weighted by Crippen LogP contribution is 2.25. The van der Waals surface area contributed by atoms with E-state index in [1.807, 2.05) is 63.4 Å². The number of para-hydroxylation sites is 2. The normalized spacial score (nSPS) is 10.9. The fourth-order valence-corrected chi connectivity index (χ4v) is 2.64. The lowest BCUT2D eigenvalue weighted by Gasteiger charge is -2.23. The number of carbonyl (C=O) groups is 2. The molecule has 2 amide bonds. The number of nitrogens with zero attached hydrogens (tertiary/aromatic N) is 1. The fraction of sp³-hybridized carbons (Fsp3) is 0.333. The first kappa shape index (κ1) is 26.7. The molecule has 0 aliphatic heterocycles. The largest absolute Gasteiger partial charge is 0.369 e. The van der Waals surface area contributed by atoms with E-state index < -0.39 is 6.04 Å². The summed E-state index contributed by atoms with van der Waals surface area (Å²) in [5.74, 6) is -0.602. The summed E-state index contributed by atoms with van der Waals surface area (Å²) in [4.78, 5) is 26.2. The van der Waals surface area contributed by atoms with E-state index in [1.165, 1.54) is 5.56 Å². The summed E-state index contributed by atoms with van der Waals surface area (Å²) in [6, 6.07) is 17.1. The molecular formula is C21H30Cl2N4O2. The van der Waals surface area contributed by atoms with Gasteiger partial charge in [0.25, 0.3) is 0 Å². The van der Waals surface area contributed by atoms with Crippen LogP contribution in [-0.4, -0.2) is 31.4 Å². The van der Waals surface area contributed by atoms with Crippen molar-refractivity contribution in [1.82, 2.24) is 5.32 Å². The number of nitrogens with two attached hydrogens (primary N) is 1. The number of hydrogen-bond donors (Lipinski definition) is 3. The van der Waals surface area contributed by atoms with Crippen LogP contribution in [0.1, 0.15) is 19.4 Å². The van der Waals surface area contributed by atoms with Gasteiger partial charge in [-0.2, -0.15) is 0 Å². The van der Waals surface area contributed by atoms with Crippen molar-refractivity contribution in [3.05, 3.63) is 60.2 Å². The quantitative estimate of drug-likeness (QED) is 0.587. The van der Waals surface area contributed by atoms with Crippen LogP contribution >= 0.6 is 24.8 Å². The number of carbonyl (C=O) groups excluding carboxylic acids is 2. The van der Waals surface area contributed by atoms with Gasteiger partial charge in [-0.1, -0.05) is 56.3 Å². The van der Waals surface area contributed by atoms with Gasteiger partial charge in [0.2, 0.25) is 11.8 Å². The maximum absolute atomic E-state index is 12.3. The Hall–Kier alpha value is -2.28. The van der Waals surface area contributed by atoms with Crippen molar-refractivity contribution in [2.24, 2.45) is 11.7 Å². The highest BCUT2D eigenvalue weighted by Gasteiger charge is 2.18. The summed E-state index contributed by atoms with van der Waals surface area (Å²) >= 11 is 0. The second kappa shape index (κ2) is 13.0. The molecule has 0 saturated carbocycles. The van der Waals surface area contributed by atoms with E-state index >= 15 is 0 Å². The fourth-order valence-electron chi connectivity index (χ4n) is 2.64. The number of rotatable bonds is 8. The smallest absolute Gasteiger partial charge is 0.243 e. The van der Waals surface area contributed by atoms with Crippen LogP contribution in [0.25, 0.3) is 0 Å². The van der Waals surface area contributed by atoms with E-state index in [4.69, 9.17) is 5.73 Å². The van der Waals surface area contributed by atoms with Gasteiger partial charge in [-0.3, -0.25) is 9.59 Å². The van der Waals surface area contributed by atoms with Crippen molar-refractivity contribution in [1.29, 1.82) is 0 Å². The number of benzene rings is 2. The van der Waals surface area contributed by atoms with Crippen LogP contribution in [0, 0.1) is 5.92 Å². The van der Waals surface area contributed by atoms with Crippen LogP contribution in [0.3, 0.4) is 0 Å². The average molecular weight is 441 g/mol. The molecule has 0 fully saturated rings. The molecule has 0 heterocycles. The van der Waals surface area contributed by atoms with Crippen molar-refractivity contribution in [3.8, 4) is 0 Å². The summed E-state index contributed by atoms with van der Waals surface area (Å²) < 4.78 is 0. The maximum Gasteiger partial charge on any atom is 0.243 e. The van der Waals surface area contributed by atoms with Crippen LogP contribution in [0.2, 0.25) is 0 Å². The molecule has 0 saturated heterocycles. The first-order chi connectivity index (χ1) is 12.9. The molecule has 0 spiro atoms. The summed E-state index contributed by atoms with van der Waals surface area (Å²) in [5, 5.41) is 5.45. The minimum atomic E-state index is -0.623. The van der Waals surface area contributed by atoms with E-state index in [9.17, 15) is 9.59 Å². The van der Waals surface area contributed by atoms with Crippen LogP contribution in [-0.2, 0) is 16.1 Å². The van der Waals surface area contributed by atoms with Gasteiger partial charge < -0.3 is 21.3 Å². The molecule has 8 heteroatoms. The van der Waals surface area contributed by atoms with Crippen molar-refractivity contribution in [3.63, 3.8) is 0 Å². The SMILES string of the molecule is CC(C)[C@H](N)C(=O)NCC(=O)Nc1ccccc1N(C)Cc1ccccc1.Cl.Cl. The number of amides is 2. The molecule has 6 nitrogen and oxygen atoms in total. The molecule has 0 aliphatic rings. The maximum atomic E-state index is 12.3. The zero-order chi connectivity index (χ0) is 19.8. The third kappa shape index (κ3) is 8.31. The number of anilines is 2. The Kier molecular flexibility index (Phi) is 12.0. The first-order valence-corrected chi connectivity index (χ1v) is 9.05. The predicted octanol–water partition coefficient (Wildman–Crippen LogP) is 3.20. The second-order valence-corrected chi connectivity index (χ2v) is 6.89. The molecule has 0 radical (unpaired) electrons. The Labute approximate surface area is 185 Å². The first-order valence-electron chi connectivity index (χ1n) is 9.05. The number of halogens is 2. The summed E-state index contributed by atoms with van der Waals surface area (Å²) in [5.41, 5.74) is 8.56. The predicted molar refractivity (Wildman–Crippen MR) is 124 cm³/mol. The molecule has 0 bridgehead atoms. The van der Waals surface area contributed by atoms with E-state index in [0.717, 1.165) is 5.69 Å². The lowest BCUT2D eigenvalue weighted by molar-refractivity contribution is -0.125. The minimum absolute atomic E-state index is 0. The van der Waals surface area contributed by atoms with E-state index in [2.05, 4.69) is 27.7 Å². The second-order valence-electron chi connectivity index (χ2n) is 6.89. The zero-order valence-electron chi connectivity index (χ0n) is 16.9. The Morgan fingerprint density at radius 2 is 1.59 bits per heavy atom. The molecule has 2 aromatic rings. The molecule has 0 aliphatic carbocycles. The molecule has 2 rings (SSSR count). The van der Waals surface area contributed by atoms with Gasteiger partial charge in [0.15, 0.2) is 0 Å². The molecule has 0 unspecified atom stereocenters. The summed E-state index contributed by atoms with van der Waals surface area (Å²) in [6.07, 6.45) is 0. The molecule has 160 valence electrons. The molecule has 29 heavy (non-hydrogen) atoms. The third-order valence-corrected chi connectivity index (χ3v) is 4.30. The van der Waals surface area contributed by atoms with Gasteiger partial charge in [-0.15, -0.1) is 24.8 Å². The summed E-state index contributed by atoms with van der Waals surface area (Å²) in [6.45, 7) is 4.33. The third-order valence-electron chi connectivity index (χ3n) is 4.30. The minimum Gasteiger partial charge on any atom is -0.369 e. The van der Waals surface area contributed by atoms with Crippen LogP contribution in [0.5, 0.6) is 0 Å². The highest BCUT2D eigenvalue weighted by atomic mass is 35.5. The average Bonchev–Trinajstić information content (AvgIpc) is 2.66. The van der Waals surface area contributed by atoms with Crippen molar-refractivity contribution in [2.45, 2.75) is 26.4 Å². The number of nitrogens with one attached hydrogen (secondary N) is 2. The summed E-state index contributed by atoms with van der Waals surface area (Å²) in [7, 11) is 1.97. The van der Waals surface area contributed by atoms with E-state index in [0.29, 0.717) is 12.2 Å². The van der Waals surface area contributed by atoms with Crippen LogP contribution < -0.4 is 21.3 Å². The van der Waals surface area contributed by atoms with Gasteiger partial charge >= 0.3 is 0 Å². The zero-order valence-corrected chi connectivity index (χ0v) is 18.6. The highest BCUT2D eigenvalue weighted by molar-refractivity contribution is 5.97. The van der Waals surface area contributed by atoms with Crippen LogP contribution in [0.15, 0.2) is 54.6 Å². The van der Waals surface area contributed by atoms with E-state index in [-0.39, 0.29) is 49.1 Å². The lowest BCUT2D eigenvalue weighted by atomic mass is 10.1. The van der Waals surface area contributed by atoms with Gasteiger partial charge in [-0.05, 0) is 23.6 Å². The van der Waals surface area contributed by atoms with Gasteiger partial charge in [0.05, 0.1) is 24.0 Å². The molecule has 4 N–H and O–H groups in total. The van der Waals surface area contributed by atoms with E-state index in [1.54, 1.807) is 0 Å². The lowest BCUT2D eigenvalue weighted by Crippen LogP contribution is -2.46. The van der Waals surface area contributed by atoms with Gasteiger partial charge in [0.1, 0.15) is 0 Å². The topological polar surface area (TPSA) is 87.5 Å². The van der Waals surface area contributed by atoms with Crippen LogP contribution in [0.4, 0.5) is 11.4 Å². The Bertz CT molecular complexity index is 772. The van der Waals surface area contributed by atoms with Crippen molar-refractivity contribution in [2.75, 3.05) is 23.8 Å². The van der Waals surface area contributed by atoms with Crippen molar-refractivity contribution >= 4 is 48.0 Å². The van der Waals surface area contributed by atoms with Gasteiger partial charge in [0, 0.05) is 13.6 Å². The van der Waals surface area contributed by atoms with Gasteiger partial charge in [-0.25, -0.2) is 0 Å². The molecular weight excluding hydrogens is 411 g/mol. The standard InChI is InChI=1S/C21H28N4O2.2ClH/c1-15(2)20(22)21(27)23-13-19(26)24-17-11-7-8-12-18(17)25(3)14-16-9-5-4-6-10-16;;/h4-12,15,20H,13-14,22H2,1-3H3,(H,23,27)(H,24,26);2*1H/t20-;;/m0../s1. The Morgan fingerprint density at radius 3 is 2.21 bits per heavy atom. The molecule has 1 atom stereocenters. The number of hydrogen-bond acceptors (Lipinski definition) is 4.